The Bertz CT molecular complexity index is 505. The largest absolute Gasteiger partial charge is 0.481 e. The average molecular weight is 287 g/mol. The van der Waals surface area contributed by atoms with Gasteiger partial charge in [-0.1, -0.05) is 0 Å². The zero-order valence-electron chi connectivity index (χ0n) is 10.8. The number of hydrogen-bond donors (Lipinski definition) is 3. The molecule has 1 rings (SSSR count). The highest BCUT2D eigenvalue weighted by Crippen LogP contribution is 2.13. The van der Waals surface area contributed by atoms with Gasteiger partial charge < -0.3 is 15.5 Å². The summed E-state index contributed by atoms with van der Waals surface area (Å²) in [5.74, 6) is -3.85. The molecule has 110 valence electrons. The van der Waals surface area contributed by atoms with Crippen LogP contribution in [-0.2, 0) is 4.79 Å². The van der Waals surface area contributed by atoms with Gasteiger partial charge in [0.25, 0.3) is 0 Å². The maximum absolute atomic E-state index is 13.5. The van der Waals surface area contributed by atoms with Crippen molar-refractivity contribution in [3.05, 3.63) is 35.4 Å². The highest BCUT2D eigenvalue weighted by Gasteiger charge is 2.25. The lowest BCUT2D eigenvalue weighted by atomic mass is 10.0. The first-order valence-corrected chi connectivity index (χ1v) is 5.93. The number of carbonyl (C=O) groups is 2. The number of aliphatic hydroxyl groups is 1. The van der Waals surface area contributed by atoms with Crippen LogP contribution in [0.25, 0.3) is 0 Å². The summed E-state index contributed by atoms with van der Waals surface area (Å²) < 4.78 is 26.6. The SMILES string of the molecule is CC(O)CNC(CC(=O)O)C(=O)c1cc(F)ccc1F. The zero-order chi connectivity index (χ0) is 15.3. The summed E-state index contributed by atoms with van der Waals surface area (Å²) in [5.41, 5.74) is -0.519. The Labute approximate surface area is 114 Å². The summed E-state index contributed by atoms with van der Waals surface area (Å²) in [6.07, 6.45) is -1.40. The summed E-state index contributed by atoms with van der Waals surface area (Å²) in [7, 11) is 0. The van der Waals surface area contributed by atoms with Crippen molar-refractivity contribution in [2.24, 2.45) is 0 Å². The number of carbonyl (C=O) groups excluding carboxylic acids is 1. The van der Waals surface area contributed by atoms with Gasteiger partial charge in [0.15, 0.2) is 5.78 Å². The van der Waals surface area contributed by atoms with Gasteiger partial charge >= 0.3 is 5.97 Å². The van der Waals surface area contributed by atoms with Crippen LogP contribution in [0.2, 0.25) is 0 Å². The van der Waals surface area contributed by atoms with Crippen molar-refractivity contribution in [3.63, 3.8) is 0 Å². The van der Waals surface area contributed by atoms with Crippen molar-refractivity contribution in [2.75, 3.05) is 6.54 Å². The van der Waals surface area contributed by atoms with Gasteiger partial charge in [-0.25, -0.2) is 8.78 Å². The molecule has 0 spiro atoms. The van der Waals surface area contributed by atoms with Crippen molar-refractivity contribution < 1.29 is 28.6 Å². The Hall–Kier alpha value is -1.86. The van der Waals surface area contributed by atoms with Crippen LogP contribution in [-0.4, -0.2) is 40.7 Å². The van der Waals surface area contributed by atoms with Crippen LogP contribution in [0.1, 0.15) is 23.7 Å². The van der Waals surface area contributed by atoms with E-state index in [-0.39, 0.29) is 6.54 Å². The minimum Gasteiger partial charge on any atom is -0.481 e. The van der Waals surface area contributed by atoms with Crippen molar-refractivity contribution in [2.45, 2.75) is 25.5 Å². The molecule has 0 aliphatic rings. The fourth-order valence-electron chi connectivity index (χ4n) is 1.62. The third kappa shape index (κ3) is 4.67. The molecule has 0 heterocycles. The third-order valence-electron chi connectivity index (χ3n) is 2.55. The number of Topliss-reactive ketones (excluding diaryl/α,β-unsaturated/α-hetero) is 1. The Balaban J connectivity index is 2.96. The molecule has 5 nitrogen and oxygen atoms in total. The summed E-state index contributed by atoms with van der Waals surface area (Å²) in [4.78, 5) is 22.8. The van der Waals surface area contributed by atoms with E-state index in [0.29, 0.717) is 0 Å². The van der Waals surface area contributed by atoms with Gasteiger partial charge in [0.05, 0.1) is 24.1 Å². The predicted octanol–water partition coefficient (Wildman–Crippen LogP) is 0.961. The highest BCUT2D eigenvalue weighted by atomic mass is 19.1. The van der Waals surface area contributed by atoms with Crippen LogP contribution in [0.4, 0.5) is 8.78 Å². The summed E-state index contributed by atoms with van der Waals surface area (Å²) >= 11 is 0. The van der Waals surface area contributed by atoms with Crippen molar-refractivity contribution in [1.82, 2.24) is 5.32 Å². The minimum atomic E-state index is -1.27. The summed E-state index contributed by atoms with van der Waals surface area (Å²) in [6.45, 7) is 1.40. The van der Waals surface area contributed by atoms with E-state index in [1.165, 1.54) is 6.92 Å². The second-order valence-electron chi connectivity index (χ2n) is 4.40. The van der Waals surface area contributed by atoms with Crippen LogP contribution in [0.5, 0.6) is 0 Å². The van der Waals surface area contributed by atoms with E-state index in [1.807, 2.05) is 0 Å². The molecule has 2 atom stereocenters. The van der Waals surface area contributed by atoms with Crippen LogP contribution < -0.4 is 5.32 Å². The maximum Gasteiger partial charge on any atom is 0.305 e. The molecule has 0 bridgehead atoms. The van der Waals surface area contributed by atoms with Gasteiger partial charge in [-0.05, 0) is 25.1 Å². The molecule has 0 saturated carbocycles. The fraction of sp³-hybridized carbons (Fsp3) is 0.385. The van der Waals surface area contributed by atoms with E-state index < -0.39 is 47.5 Å². The van der Waals surface area contributed by atoms with E-state index in [1.54, 1.807) is 0 Å². The number of rotatable bonds is 7. The van der Waals surface area contributed by atoms with E-state index in [0.717, 1.165) is 18.2 Å². The molecule has 1 aromatic rings. The molecule has 0 aliphatic heterocycles. The van der Waals surface area contributed by atoms with Gasteiger partial charge in [0, 0.05) is 6.54 Å². The number of aliphatic carboxylic acids is 1. The lowest BCUT2D eigenvalue weighted by Gasteiger charge is -2.17. The maximum atomic E-state index is 13.5. The first-order chi connectivity index (χ1) is 9.31. The van der Waals surface area contributed by atoms with E-state index in [4.69, 9.17) is 10.2 Å². The quantitative estimate of drug-likeness (QED) is 0.650. The Morgan fingerprint density at radius 1 is 1.35 bits per heavy atom. The number of hydrogen-bond acceptors (Lipinski definition) is 4. The molecule has 0 aromatic heterocycles. The Morgan fingerprint density at radius 2 is 2.00 bits per heavy atom. The normalized spacial score (nSPS) is 13.8. The third-order valence-corrected chi connectivity index (χ3v) is 2.55. The van der Waals surface area contributed by atoms with E-state index in [9.17, 15) is 18.4 Å². The smallest absolute Gasteiger partial charge is 0.305 e. The topological polar surface area (TPSA) is 86.6 Å². The molecule has 0 fully saturated rings. The summed E-state index contributed by atoms with van der Waals surface area (Å²) in [5, 5.41) is 20.4. The van der Waals surface area contributed by atoms with Crippen LogP contribution >= 0.6 is 0 Å². The van der Waals surface area contributed by atoms with E-state index in [2.05, 4.69) is 5.32 Å². The lowest BCUT2D eigenvalue weighted by Crippen LogP contribution is -2.42. The molecular formula is C13H15F2NO4. The molecule has 0 amide bonds. The first kappa shape index (κ1) is 16.2. The van der Waals surface area contributed by atoms with Crippen LogP contribution in [0.3, 0.4) is 0 Å². The number of benzene rings is 1. The molecular weight excluding hydrogens is 272 g/mol. The standard InChI is InChI=1S/C13H15F2NO4/c1-7(17)6-16-11(5-12(18)19)13(20)9-4-8(14)2-3-10(9)15/h2-4,7,11,16-17H,5-6H2,1H3,(H,18,19). The van der Waals surface area contributed by atoms with Gasteiger partial charge in [-0.2, -0.15) is 0 Å². The summed E-state index contributed by atoms with van der Waals surface area (Å²) in [6, 6.07) is 1.14. The monoisotopic (exact) mass is 287 g/mol. The predicted molar refractivity (Wildman–Crippen MR) is 66.4 cm³/mol. The van der Waals surface area contributed by atoms with E-state index >= 15 is 0 Å². The lowest BCUT2D eigenvalue weighted by molar-refractivity contribution is -0.137. The van der Waals surface area contributed by atoms with Gasteiger partial charge in [0.1, 0.15) is 11.6 Å². The first-order valence-electron chi connectivity index (χ1n) is 5.93. The molecule has 20 heavy (non-hydrogen) atoms. The number of carboxylic acid groups (broad SMARTS) is 1. The second kappa shape index (κ2) is 7.06. The molecule has 0 saturated heterocycles. The molecule has 7 heteroatoms. The average Bonchev–Trinajstić information content (AvgIpc) is 2.36. The number of halogens is 2. The number of aliphatic hydroxyl groups excluding tert-OH is 1. The molecule has 0 radical (unpaired) electrons. The molecule has 2 unspecified atom stereocenters. The Kier molecular flexibility index (Phi) is 5.72. The van der Waals surface area contributed by atoms with Gasteiger partial charge in [0.2, 0.25) is 0 Å². The number of ketones is 1. The zero-order valence-corrected chi connectivity index (χ0v) is 10.8. The van der Waals surface area contributed by atoms with Crippen molar-refractivity contribution >= 4 is 11.8 Å². The fourth-order valence-corrected chi connectivity index (χ4v) is 1.62. The number of carboxylic acids is 1. The van der Waals surface area contributed by atoms with Crippen LogP contribution in [0.15, 0.2) is 18.2 Å². The second-order valence-corrected chi connectivity index (χ2v) is 4.40. The molecule has 0 aliphatic carbocycles. The molecule has 1 aromatic carbocycles. The van der Waals surface area contributed by atoms with Crippen molar-refractivity contribution in [1.29, 1.82) is 0 Å². The van der Waals surface area contributed by atoms with Crippen LogP contribution in [0, 0.1) is 11.6 Å². The highest BCUT2D eigenvalue weighted by molar-refractivity contribution is 6.01. The van der Waals surface area contributed by atoms with Crippen molar-refractivity contribution in [3.8, 4) is 0 Å². The van der Waals surface area contributed by atoms with Gasteiger partial charge in [-0.3, -0.25) is 9.59 Å². The molecule has 3 N–H and O–H groups in total. The Morgan fingerprint density at radius 3 is 2.55 bits per heavy atom. The minimum absolute atomic E-state index is 0.0411. The number of nitrogens with one attached hydrogen (secondary N) is 1. The van der Waals surface area contributed by atoms with Gasteiger partial charge in [-0.15, -0.1) is 0 Å².